The van der Waals surface area contributed by atoms with Crippen LogP contribution < -0.4 is 0 Å². The van der Waals surface area contributed by atoms with Crippen LogP contribution in [0.4, 0.5) is 0 Å². The molecule has 234 valence electrons. The smallest absolute Gasteiger partial charge is 0.164 e. The van der Waals surface area contributed by atoms with E-state index >= 15 is 0 Å². The van der Waals surface area contributed by atoms with Gasteiger partial charge in [0.2, 0.25) is 0 Å². The fourth-order valence-corrected chi connectivity index (χ4v) is 6.80. The standard InChI is InChI=1S/C45H28N4O/c1-4-12-29(13-5-1)32-20-23-36-35-18-10-11-19-39(35)49(40(36)27-32)34-22-25-42-38(28-34)37-26-33(21-24-41(37)50-42)45-47-43(30-14-6-2-7-15-30)46-44(48-45)31-16-8-3-9-17-31/h1-28H/i2D,6D,7D,14D,15D. The highest BCUT2D eigenvalue weighted by Gasteiger charge is 2.17. The maximum atomic E-state index is 8.65. The summed E-state index contributed by atoms with van der Waals surface area (Å²) in [6.07, 6.45) is 0. The van der Waals surface area contributed by atoms with Crippen LogP contribution >= 0.6 is 0 Å². The highest BCUT2D eigenvalue weighted by Crippen LogP contribution is 2.38. The Balaban J connectivity index is 1.17. The molecule has 0 aliphatic heterocycles. The molecule has 0 amide bonds. The largest absolute Gasteiger partial charge is 0.456 e. The predicted octanol–water partition coefficient (Wildman–Crippen LogP) is 11.5. The van der Waals surface area contributed by atoms with Gasteiger partial charge in [0, 0.05) is 43.9 Å². The summed E-state index contributed by atoms with van der Waals surface area (Å²) in [5.74, 6) is 0.591. The topological polar surface area (TPSA) is 56.7 Å². The van der Waals surface area contributed by atoms with Gasteiger partial charge in [0.15, 0.2) is 17.5 Å². The summed E-state index contributed by atoms with van der Waals surface area (Å²) >= 11 is 0. The van der Waals surface area contributed by atoms with Crippen molar-refractivity contribution < 1.29 is 11.3 Å². The minimum atomic E-state index is -0.481. The van der Waals surface area contributed by atoms with Gasteiger partial charge in [-0.1, -0.05) is 121 Å². The molecule has 0 N–H and O–H groups in total. The molecule has 7 aromatic carbocycles. The van der Waals surface area contributed by atoms with Crippen molar-refractivity contribution in [2.24, 2.45) is 0 Å². The molecule has 5 nitrogen and oxygen atoms in total. The number of hydrogen-bond acceptors (Lipinski definition) is 4. The lowest BCUT2D eigenvalue weighted by molar-refractivity contribution is 0.669. The van der Waals surface area contributed by atoms with E-state index in [1.165, 1.54) is 0 Å². The van der Waals surface area contributed by atoms with Crippen LogP contribution in [0.2, 0.25) is 0 Å². The quantitative estimate of drug-likeness (QED) is 0.187. The van der Waals surface area contributed by atoms with Crippen molar-refractivity contribution in [3.8, 4) is 51.0 Å². The fraction of sp³-hybridized carbons (Fsp3) is 0. The second kappa shape index (κ2) is 11.4. The molecule has 3 heterocycles. The molecule has 0 unspecified atom stereocenters. The summed E-state index contributed by atoms with van der Waals surface area (Å²) in [7, 11) is 0. The molecule has 10 aromatic rings. The van der Waals surface area contributed by atoms with Gasteiger partial charge < -0.3 is 8.98 Å². The van der Waals surface area contributed by atoms with Crippen molar-refractivity contribution in [2.45, 2.75) is 0 Å². The summed E-state index contributed by atoms with van der Waals surface area (Å²) in [6, 6.07) is 44.5. The van der Waals surface area contributed by atoms with Gasteiger partial charge >= 0.3 is 0 Å². The molecular weight excluding hydrogens is 613 g/mol. The summed E-state index contributed by atoms with van der Waals surface area (Å²) < 4.78 is 50.6. The number of hydrogen-bond donors (Lipinski definition) is 0. The van der Waals surface area contributed by atoms with Crippen molar-refractivity contribution in [1.29, 1.82) is 0 Å². The number of aromatic nitrogens is 4. The van der Waals surface area contributed by atoms with Gasteiger partial charge in [-0.05, 0) is 59.7 Å². The van der Waals surface area contributed by atoms with Crippen LogP contribution in [0.25, 0.3) is 94.7 Å². The Labute approximate surface area is 294 Å². The van der Waals surface area contributed by atoms with Crippen molar-refractivity contribution >= 4 is 43.7 Å². The number of fused-ring (bicyclic) bond motifs is 6. The molecule has 0 aliphatic rings. The normalized spacial score (nSPS) is 13.0. The van der Waals surface area contributed by atoms with Gasteiger partial charge in [-0.3, -0.25) is 0 Å². The Morgan fingerprint density at radius 3 is 1.80 bits per heavy atom. The van der Waals surface area contributed by atoms with E-state index < -0.39 is 18.1 Å². The molecule has 5 heteroatoms. The number of para-hydroxylation sites is 1. The molecule has 0 fully saturated rings. The number of rotatable bonds is 5. The van der Waals surface area contributed by atoms with Gasteiger partial charge in [0.05, 0.1) is 17.9 Å². The fourth-order valence-electron chi connectivity index (χ4n) is 6.80. The SMILES string of the molecule is [2H]c1c([2H])c([2H])c(-c2nc(-c3ccccc3)nc(-c3ccc4oc5ccc(-n6c7ccccc7c7ccc(-c8ccccc8)cc76)cc5c4c3)n2)c([2H])c1[2H]. The minimum absolute atomic E-state index is 0.0125. The van der Waals surface area contributed by atoms with E-state index in [-0.39, 0.29) is 23.5 Å². The Bertz CT molecular complexity index is 3130. The van der Waals surface area contributed by atoms with E-state index in [4.69, 9.17) is 21.2 Å². The molecule has 50 heavy (non-hydrogen) atoms. The molecule has 10 rings (SSSR count). The van der Waals surface area contributed by atoms with Crippen LogP contribution in [0.3, 0.4) is 0 Å². The van der Waals surface area contributed by atoms with E-state index in [1.807, 2.05) is 60.7 Å². The van der Waals surface area contributed by atoms with Gasteiger partial charge in [0.1, 0.15) is 11.2 Å². The molecule has 0 saturated carbocycles. The molecule has 0 aliphatic carbocycles. The minimum Gasteiger partial charge on any atom is -0.456 e. The maximum Gasteiger partial charge on any atom is 0.164 e. The molecule has 0 spiro atoms. The van der Waals surface area contributed by atoms with Crippen LogP contribution in [0.15, 0.2) is 174 Å². The van der Waals surface area contributed by atoms with Crippen molar-refractivity contribution in [2.75, 3.05) is 0 Å². The summed E-state index contributed by atoms with van der Waals surface area (Å²) in [6.45, 7) is 0. The zero-order valence-electron chi connectivity index (χ0n) is 31.5. The maximum absolute atomic E-state index is 8.65. The Kier molecular flexibility index (Phi) is 5.35. The Morgan fingerprint density at radius 2 is 1.02 bits per heavy atom. The summed E-state index contributed by atoms with van der Waals surface area (Å²) in [5, 5.41) is 4.08. The van der Waals surface area contributed by atoms with Crippen LogP contribution in [-0.2, 0) is 0 Å². The first kappa shape index (κ1) is 23.5. The molecule has 0 radical (unpaired) electrons. The average molecular weight is 646 g/mol. The third-order valence-electron chi connectivity index (χ3n) is 9.14. The van der Waals surface area contributed by atoms with Gasteiger partial charge in [0.25, 0.3) is 0 Å². The van der Waals surface area contributed by atoms with E-state index in [0.717, 1.165) is 55.0 Å². The third kappa shape index (κ3) is 4.67. The summed E-state index contributed by atoms with van der Waals surface area (Å²) in [4.78, 5) is 14.2. The lowest BCUT2D eigenvalue weighted by atomic mass is 10.0. The number of furan rings is 1. The van der Waals surface area contributed by atoms with E-state index in [1.54, 1.807) is 0 Å². The van der Waals surface area contributed by atoms with E-state index in [2.05, 4.69) is 88.4 Å². The first-order chi connectivity index (χ1) is 26.8. The first-order valence-corrected chi connectivity index (χ1v) is 16.3. The van der Waals surface area contributed by atoms with E-state index in [0.29, 0.717) is 28.4 Å². The highest BCUT2D eigenvalue weighted by molar-refractivity contribution is 6.11. The zero-order valence-corrected chi connectivity index (χ0v) is 26.5. The molecular formula is C45H28N4O. The second-order valence-electron chi connectivity index (χ2n) is 12.1. The molecule has 0 bridgehead atoms. The van der Waals surface area contributed by atoms with Crippen LogP contribution in [0.5, 0.6) is 0 Å². The third-order valence-corrected chi connectivity index (χ3v) is 9.14. The predicted molar refractivity (Wildman–Crippen MR) is 203 cm³/mol. The van der Waals surface area contributed by atoms with Gasteiger partial charge in [-0.2, -0.15) is 0 Å². The first-order valence-electron chi connectivity index (χ1n) is 18.8. The van der Waals surface area contributed by atoms with Crippen LogP contribution in [-0.4, -0.2) is 19.5 Å². The van der Waals surface area contributed by atoms with E-state index in [9.17, 15) is 0 Å². The number of benzene rings is 7. The zero-order chi connectivity index (χ0) is 37.4. The summed E-state index contributed by atoms with van der Waals surface area (Å²) in [5.41, 5.74) is 8.11. The van der Waals surface area contributed by atoms with Crippen molar-refractivity contribution in [1.82, 2.24) is 19.5 Å². The monoisotopic (exact) mass is 645 g/mol. The van der Waals surface area contributed by atoms with Crippen LogP contribution in [0, 0.1) is 0 Å². The van der Waals surface area contributed by atoms with Gasteiger partial charge in [-0.25, -0.2) is 15.0 Å². The molecule has 3 aromatic heterocycles. The lowest BCUT2D eigenvalue weighted by Gasteiger charge is -2.10. The average Bonchev–Trinajstić information content (AvgIpc) is 3.77. The van der Waals surface area contributed by atoms with Crippen molar-refractivity contribution in [3.05, 3.63) is 170 Å². The Morgan fingerprint density at radius 1 is 0.420 bits per heavy atom. The molecule has 0 saturated heterocycles. The highest BCUT2D eigenvalue weighted by atomic mass is 16.3. The number of nitrogens with zero attached hydrogens (tertiary/aromatic N) is 4. The second-order valence-corrected chi connectivity index (χ2v) is 12.1. The van der Waals surface area contributed by atoms with Gasteiger partial charge in [-0.15, -0.1) is 0 Å². The molecule has 0 atom stereocenters. The van der Waals surface area contributed by atoms with Crippen molar-refractivity contribution in [3.63, 3.8) is 0 Å². The lowest BCUT2D eigenvalue weighted by Crippen LogP contribution is -2.00. The van der Waals surface area contributed by atoms with Crippen LogP contribution in [0.1, 0.15) is 6.85 Å². The Hall–Kier alpha value is -6.85.